The van der Waals surface area contributed by atoms with Crippen LogP contribution in [0.4, 0.5) is 4.39 Å². The van der Waals surface area contributed by atoms with Crippen LogP contribution >= 0.6 is 11.8 Å². The van der Waals surface area contributed by atoms with Crippen molar-refractivity contribution in [2.75, 3.05) is 26.1 Å². The van der Waals surface area contributed by atoms with Gasteiger partial charge in [-0.3, -0.25) is 4.57 Å². The van der Waals surface area contributed by atoms with Crippen molar-refractivity contribution < 1.29 is 13.9 Å². The lowest BCUT2D eigenvalue weighted by Gasteiger charge is -2.07. The van der Waals surface area contributed by atoms with Crippen LogP contribution < -0.4 is 10.4 Å². The molecule has 22 heavy (non-hydrogen) atoms. The maximum atomic E-state index is 12.8. The molecule has 0 saturated heterocycles. The van der Waals surface area contributed by atoms with Gasteiger partial charge in [0.1, 0.15) is 11.6 Å². The van der Waals surface area contributed by atoms with Crippen LogP contribution in [0.1, 0.15) is 6.42 Å². The molecule has 120 valence electrons. The minimum Gasteiger partial charge on any atom is -0.493 e. The van der Waals surface area contributed by atoms with Crippen molar-refractivity contribution in [3.8, 4) is 5.75 Å². The second-order valence-electron chi connectivity index (χ2n) is 4.46. The van der Waals surface area contributed by atoms with E-state index in [2.05, 4.69) is 10.2 Å². The second kappa shape index (κ2) is 8.60. The normalized spacial score (nSPS) is 10.8. The van der Waals surface area contributed by atoms with Crippen LogP contribution in [0.3, 0.4) is 0 Å². The van der Waals surface area contributed by atoms with Gasteiger partial charge in [-0.05, 0) is 30.7 Å². The van der Waals surface area contributed by atoms with Gasteiger partial charge in [0, 0.05) is 26.0 Å². The lowest BCUT2D eigenvalue weighted by molar-refractivity contribution is 0.189. The Bertz CT molecular complexity index is 627. The number of aromatic nitrogens is 3. The molecule has 1 aromatic heterocycles. The molecule has 0 saturated carbocycles. The van der Waals surface area contributed by atoms with Gasteiger partial charge >= 0.3 is 5.69 Å². The van der Waals surface area contributed by atoms with Crippen LogP contribution in [-0.4, -0.2) is 40.8 Å². The molecule has 0 atom stereocenters. The number of nitrogens with one attached hydrogen (secondary N) is 1. The quantitative estimate of drug-likeness (QED) is 0.563. The molecule has 2 rings (SSSR count). The zero-order chi connectivity index (χ0) is 15.8. The number of hydrogen-bond donors (Lipinski definition) is 1. The first kappa shape index (κ1) is 16.6. The van der Waals surface area contributed by atoms with Crippen molar-refractivity contribution in [3.63, 3.8) is 0 Å². The summed E-state index contributed by atoms with van der Waals surface area (Å²) >= 11 is 1.43. The van der Waals surface area contributed by atoms with E-state index in [0.29, 0.717) is 36.4 Å². The first-order valence-electron chi connectivity index (χ1n) is 6.86. The van der Waals surface area contributed by atoms with E-state index in [4.69, 9.17) is 9.47 Å². The maximum Gasteiger partial charge on any atom is 0.343 e. The molecule has 0 aliphatic heterocycles. The van der Waals surface area contributed by atoms with E-state index >= 15 is 0 Å². The third-order valence-electron chi connectivity index (χ3n) is 2.85. The summed E-state index contributed by atoms with van der Waals surface area (Å²) < 4.78 is 24.8. The number of methoxy groups -OCH3 is 1. The van der Waals surface area contributed by atoms with Gasteiger partial charge in [0.15, 0.2) is 5.16 Å². The highest BCUT2D eigenvalue weighted by atomic mass is 32.2. The molecule has 1 aromatic carbocycles. The molecule has 6 nitrogen and oxygen atoms in total. The molecule has 1 heterocycles. The van der Waals surface area contributed by atoms with Gasteiger partial charge < -0.3 is 9.47 Å². The summed E-state index contributed by atoms with van der Waals surface area (Å²) in [6.07, 6.45) is 0.746. The zero-order valence-corrected chi connectivity index (χ0v) is 13.1. The van der Waals surface area contributed by atoms with E-state index in [0.717, 1.165) is 6.42 Å². The predicted octanol–water partition coefficient (Wildman–Crippen LogP) is 1.92. The average Bonchev–Trinajstić information content (AvgIpc) is 2.87. The third-order valence-corrected chi connectivity index (χ3v) is 3.79. The van der Waals surface area contributed by atoms with Gasteiger partial charge in [-0.1, -0.05) is 11.8 Å². The highest BCUT2D eigenvalue weighted by Crippen LogP contribution is 2.15. The maximum absolute atomic E-state index is 12.8. The third kappa shape index (κ3) is 4.88. The lowest BCUT2D eigenvalue weighted by atomic mass is 10.3. The Morgan fingerprint density at radius 2 is 2.09 bits per heavy atom. The molecule has 0 spiro atoms. The molecular formula is C14H18FN3O3S. The molecule has 8 heteroatoms. The number of nitrogens with zero attached hydrogens (tertiary/aromatic N) is 2. The van der Waals surface area contributed by atoms with Crippen molar-refractivity contribution >= 4 is 11.8 Å². The highest BCUT2D eigenvalue weighted by molar-refractivity contribution is 7.99. The van der Waals surface area contributed by atoms with Gasteiger partial charge in [-0.25, -0.2) is 14.3 Å². The number of ether oxygens (including phenoxy) is 2. The smallest absolute Gasteiger partial charge is 0.343 e. The summed E-state index contributed by atoms with van der Waals surface area (Å²) in [6, 6.07) is 5.86. The van der Waals surface area contributed by atoms with Crippen molar-refractivity contribution in [1.82, 2.24) is 14.8 Å². The molecule has 0 radical (unpaired) electrons. The fourth-order valence-electron chi connectivity index (χ4n) is 1.80. The van der Waals surface area contributed by atoms with E-state index in [-0.39, 0.29) is 11.5 Å². The highest BCUT2D eigenvalue weighted by Gasteiger charge is 2.08. The fraction of sp³-hybridized carbons (Fsp3) is 0.429. The Balaban J connectivity index is 1.79. The van der Waals surface area contributed by atoms with Crippen LogP contribution in [0.25, 0.3) is 0 Å². The molecular weight excluding hydrogens is 309 g/mol. The van der Waals surface area contributed by atoms with E-state index in [1.165, 1.54) is 23.9 Å². The predicted molar refractivity (Wildman–Crippen MR) is 82.0 cm³/mol. The van der Waals surface area contributed by atoms with Gasteiger partial charge in [0.25, 0.3) is 0 Å². The standard InChI is InChI=1S/C14H18FN3O3S/c1-20-8-2-7-18-13(19)16-17-14(18)22-10-9-21-12-5-3-11(15)4-6-12/h3-6H,2,7-10H2,1H3,(H,16,19). The van der Waals surface area contributed by atoms with Gasteiger partial charge in [0.2, 0.25) is 0 Å². The Morgan fingerprint density at radius 3 is 2.82 bits per heavy atom. The van der Waals surface area contributed by atoms with Gasteiger partial charge in [-0.15, -0.1) is 5.10 Å². The van der Waals surface area contributed by atoms with E-state index < -0.39 is 0 Å². The fourth-order valence-corrected chi connectivity index (χ4v) is 2.59. The number of thioether (sulfide) groups is 1. The Hall–Kier alpha value is -1.80. The van der Waals surface area contributed by atoms with Gasteiger partial charge in [0.05, 0.1) is 6.61 Å². The second-order valence-corrected chi connectivity index (χ2v) is 5.52. The minimum absolute atomic E-state index is 0.224. The summed E-state index contributed by atoms with van der Waals surface area (Å²) in [4.78, 5) is 11.6. The summed E-state index contributed by atoms with van der Waals surface area (Å²) in [5.74, 6) is 0.950. The van der Waals surface area contributed by atoms with E-state index in [1.807, 2.05) is 0 Å². The van der Waals surface area contributed by atoms with Crippen LogP contribution in [0.2, 0.25) is 0 Å². The molecule has 0 aliphatic carbocycles. The minimum atomic E-state index is -0.293. The van der Waals surface area contributed by atoms with Crippen LogP contribution in [-0.2, 0) is 11.3 Å². The monoisotopic (exact) mass is 327 g/mol. The molecule has 0 aliphatic rings. The Labute approximate surface area is 131 Å². The van der Waals surface area contributed by atoms with Crippen LogP contribution in [0.15, 0.2) is 34.2 Å². The molecule has 0 bridgehead atoms. The first-order valence-corrected chi connectivity index (χ1v) is 7.84. The van der Waals surface area contributed by atoms with Crippen molar-refractivity contribution in [1.29, 1.82) is 0 Å². The van der Waals surface area contributed by atoms with Crippen molar-refractivity contribution in [2.24, 2.45) is 0 Å². The molecule has 0 unspecified atom stereocenters. The van der Waals surface area contributed by atoms with E-state index in [9.17, 15) is 9.18 Å². The first-order chi connectivity index (χ1) is 10.7. The molecule has 1 N–H and O–H groups in total. The van der Waals surface area contributed by atoms with Crippen molar-refractivity contribution in [3.05, 3.63) is 40.6 Å². The molecule has 0 amide bonds. The Kier molecular flexibility index (Phi) is 6.47. The molecule has 2 aromatic rings. The number of halogens is 1. The summed E-state index contributed by atoms with van der Waals surface area (Å²) in [7, 11) is 1.63. The summed E-state index contributed by atoms with van der Waals surface area (Å²) in [5.41, 5.74) is -0.224. The largest absolute Gasteiger partial charge is 0.493 e. The zero-order valence-electron chi connectivity index (χ0n) is 12.3. The van der Waals surface area contributed by atoms with E-state index in [1.54, 1.807) is 23.8 Å². The lowest BCUT2D eigenvalue weighted by Crippen LogP contribution is -2.18. The number of hydrogen-bond acceptors (Lipinski definition) is 5. The topological polar surface area (TPSA) is 69.1 Å². The molecule has 0 fully saturated rings. The number of aromatic amines is 1. The number of rotatable bonds is 9. The average molecular weight is 327 g/mol. The SMILES string of the molecule is COCCCn1c(SCCOc2ccc(F)cc2)n[nH]c1=O. The van der Waals surface area contributed by atoms with Crippen molar-refractivity contribution in [2.45, 2.75) is 18.1 Å². The van der Waals surface area contributed by atoms with Crippen LogP contribution in [0, 0.1) is 5.82 Å². The van der Waals surface area contributed by atoms with Crippen LogP contribution in [0.5, 0.6) is 5.75 Å². The number of H-pyrrole nitrogens is 1. The summed E-state index contributed by atoms with van der Waals surface area (Å²) in [5, 5.41) is 7.06. The van der Waals surface area contributed by atoms with Gasteiger partial charge in [-0.2, -0.15) is 0 Å². The summed E-state index contributed by atoms with van der Waals surface area (Å²) in [6.45, 7) is 1.59. The Morgan fingerprint density at radius 1 is 1.32 bits per heavy atom. The number of benzene rings is 1.